The van der Waals surface area contributed by atoms with Gasteiger partial charge in [0.05, 0.1) is 6.61 Å². The van der Waals surface area contributed by atoms with E-state index >= 15 is 0 Å². The second-order valence-electron chi connectivity index (χ2n) is 2.48. The Balaban J connectivity index is 2.64. The second-order valence-corrected chi connectivity index (χ2v) is 2.48. The van der Waals surface area contributed by atoms with Gasteiger partial charge in [-0.05, 0) is 5.53 Å². The van der Waals surface area contributed by atoms with Gasteiger partial charge in [0.25, 0.3) is 0 Å². The molecule has 3 N–H and O–H groups in total. The average molecular weight is 175 g/mol. The Labute approximate surface area is 67.8 Å². The smallest absolute Gasteiger partial charge is 0.165 e. The lowest BCUT2D eigenvalue weighted by Crippen LogP contribution is -2.51. The summed E-state index contributed by atoms with van der Waals surface area (Å²) in [6.07, 6.45) is -4.95. The van der Waals surface area contributed by atoms with Crippen LogP contribution in [0, 0.1) is 0 Å². The summed E-state index contributed by atoms with van der Waals surface area (Å²) in [6, 6.07) is 0. The zero-order chi connectivity index (χ0) is 9.14. The Morgan fingerprint density at radius 1 is 1.33 bits per heavy atom. The summed E-state index contributed by atoms with van der Waals surface area (Å²) in [5.74, 6) is 0. The highest BCUT2D eigenvalue weighted by Crippen LogP contribution is 2.16. The Hall–Kier alpha value is -0.850. The molecule has 0 aromatic heterocycles. The minimum Gasteiger partial charge on any atom is -0.388 e. The standard InChI is InChI=1S/C5H9N3O4/c6-8-7-5-4(11)3(10)2(9)1-12-5/h2-5,9-11H,1H2/t2-,3-,4+,5+/m1/s1. The first kappa shape index (κ1) is 9.24. The molecule has 0 bridgehead atoms. The van der Waals surface area contributed by atoms with Gasteiger partial charge in [0, 0.05) is 4.91 Å². The molecule has 0 unspecified atom stereocenters. The quantitative estimate of drug-likeness (QED) is 0.261. The highest BCUT2D eigenvalue weighted by atomic mass is 16.5. The molecule has 1 saturated heterocycles. The molecule has 1 fully saturated rings. The number of rotatable bonds is 1. The second kappa shape index (κ2) is 3.70. The molecule has 1 rings (SSSR count). The van der Waals surface area contributed by atoms with Crippen molar-refractivity contribution in [2.75, 3.05) is 6.61 Å². The van der Waals surface area contributed by atoms with Crippen LogP contribution in [0.3, 0.4) is 0 Å². The van der Waals surface area contributed by atoms with E-state index in [4.69, 9.17) is 25.6 Å². The molecule has 0 aromatic rings. The van der Waals surface area contributed by atoms with Crippen molar-refractivity contribution in [3.63, 3.8) is 0 Å². The van der Waals surface area contributed by atoms with E-state index in [1.165, 1.54) is 0 Å². The van der Waals surface area contributed by atoms with Crippen LogP contribution in [-0.4, -0.2) is 46.5 Å². The minimum atomic E-state index is -1.37. The summed E-state index contributed by atoms with van der Waals surface area (Å²) in [7, 11) is 0. The van der Waals surface area contributed by atoms with Crippen molar-refractivity contribution in [2.45, 2.75) is 24.5 Å². The van der Waals surface area contributed by atoms with Crippen LogP contribution in [0.2, 0.25) is 0 Å². The first-order chi connectivity index (χ1) is 5.66. The van der Waals surface area contributed by atoms with Crippen molar-refractivity contribution in [3.05, 3.63) is 10.4 Å². The lowest BCUT2D eigenvalue weighted by molar-refractivity contribution is -0.184. The van der Waals surface area contributed by atoms with Gasteiger partial charge in [-0.15, -0.1) is 0 Å². The van der Waals surface area contributed by atoms with Crippen LogP contribution in [0.5, 0.6) is 0 Å². The number of aliphatic hydroxyl groups is 3. The number of hydrogen-bond donors (Lipinski definition) is 3. The topological polar surface area (TPSA) is 119 Å². The molecule has 12 heavy (non-hydrogen) atoms. The molecule has 1 heterocycles. The Morgan fingerprint density at radius 3 is 2.58 bits per heavy atom. The van der Waals surface area contributed by atoms with E-state index in [-0.39, 0.29) is 6.61 Å². The summed E-state index contributed by atoms with van der Waals surface area (Å²) in [4.78, 5) is 2.42. The lowest BCUT2D eigenvalue weighted by atomic mass is 10.1. The molecule has 0 aromatic carbocycles. The van der Waals surface area contributed by atoms with Crippen molar-refractivity contribution >= 4 is 0 Å². The molecule has 0 radical (unpaired) electrons. The maximum atomic E-state index is 9.14. The van der Waals surface area contributed by atoms with Crippen molar-refractivity contribution < 1.29 is 20.1 Å². The van der Waals surface area contributed by atoms with E-state index in [2.05, 4.69) is 10.0 Å². The van der Waals surface area contributed by atoms with Crippen LogP contribution in [0.15, 0.2) is 5.11 Å². The fourth-order valence-electron chi connectivity index (χ4n) is 0.943. The van der Waals surface area contributed by atoms with Crippen LogP contribution >= 0.6 is 0 Å². The van der Waals surface area contributed by atoms with Gasteiger partial charge in [0.1, 0.15) is 18.3 Å². The fraction of sp³-hybridized carbons (Fsp3) is 1.00. The van der Waals surface area contributed by atoms with Gasteiger partial charge in [-0.3, -0.25) is 0 Å². The van der Waals surface area contributed by atoms with Gasteiger partial charge in [-0.2, -0.15) is 0 Å². The molecule has 4 atom stereocenters. The van der Waals surface area contributed by atoms with E-state index in [0.717, 1.165) is 0 Å². The van der Waals surface area contributed by atoms with E-state index in [1.807, 2.05) is 0 Å². The normalized spacial score (nSPS) is 41.9. The van der Waals surface area contributed by atoms with E-state index in [1.54, 1.807) is 0 Å². The van der Waals surface area contributed by atoms with Gasteiger partial charge in [-0.25, -0.2) is 0 Å². The van der Waals surface area contributed by atoms with Crippen LogP contribution in [0.1, 0.15) is 0 Å². The zero-order valence-corrected chi connectivity index (χ0v) is 6.11. The van der Waals surface area contributed by atoms with Gasteiger partial charge in [0.15, 0.2) is 6.23 Å². The fourth-order valence-corrected chi connectivity index (χ4v) is 0.943. The summed E-state index contributed by atoms with van der Waals surface area (Å²) in [6.45, 7) is -0.151. The molecular formula is C5H9N3O4. The number of nitrogens with zero attached hydrogens (tertiary/aromatic N) is 3. The Kier molecular flexibility index (Phi) is 2.85. The largest absolute Gasteiger partial charge is 0.388 e. The van der Waals surface area contributed by atoms with Crippen LogP contribution in [0.4, 0.5) is 0 Å². The third-order valence-electron chi connectivity index (χ3n) is 1.64. The van der Waals surface area contributed by atoms with E-state index in [9.17, 15) is 0 Å². The molecule has 0 aliphatic carbocycles. The monoisotopic (exact) mass is 175 g/mol. The van der Waals surface area contributed by atoms with Crippen LogP contribution in [0.25, 0.3) is 10.4 Å². The average Bonchev–Trinajstić information content (AvgIpc) is 2.07. The van der Waals surface area contributed by atoms with E-state index in [0.29, 0.717) is 0 Å². The predicted octanol–water partition coefficient (Wildman–Crippen LogP) is -1.26. The molecular weight excluding hydrogens is 166 g/mol. The molecule has 68 valence electrons. The Bertz CT molecular complexity index is 205. The molecule has 7 heteroatoms. The van der Waals surface area contributed by atoms with E-state index < -0.39 is 24.5 Å². The molecule has 7 nitrogen and oxygen atoms in total. The summed E-state index contributed by atoms with van der Waals surface area (Å²) in [5, 5.41) is 30.3. The predicted molar refractivity (Wildman–Crippen MR) is 36.9 cm³/mol. The molecule has 0 amide bonds. The molecule has 1 aliphatic heterocycles. The lowest BCUT2D eigenvalue weighted by Gasteiger charge is -2.32. The Morgan fingerprint density at radius 2 is 2.00 bits per heavy atom. The molecule has 0 spiro atoms. The number of ether oxygens (including phenoxy) is 1. The van der Waals surface area contributed by atoms with Gasteiger partial charge in [-0.1, -0.05) is 5.11 Å². The van der Waals surface area contributed by atoms with Crippen molar-refractivity contribution in [2.24, 2.45) is 5.11 Å². The molecule has 0 saturated carbocycles. The SMILES string of the molecule is [N-]=[N+]=N[C@H]1OC[C@@H](O)[C@@H](O)[C@@H]1O. The summed E-state index contributed by atoms with van der Waals surface area (Å²) >= 11 is 0. The number of hydrogen-bond acceptors (Lipinski definition) is 5. The minimum absolute atomic E-state index is 0.151. The molecule has 1 aliphatic rings. The maximum absolute atomic E-state index is 9.14. The third-order valence-corrected chi connectivity index (χ3v) is 1.64. The highest BCUT2D eigenvalue weighted by Gasteiger charge is 2.36. The maximum Gasteiger partial charge on any atom is 0.165 e. The number of azide groups is 1. The first-order valence-electron chi connectivity index (χ1n) is 3.37. The van der Waals surface area contributed by atoms with Gasteiger partial charge in [0.2, 0.25) is 0 Å². The van der Waals surface area contributed by atoms with Crippen LogP contribution in [-0.2, 0) is 4.74 Å². The van der Waals surface area contributed by atoms with Gasteiger partial charge >= 0.3 is 0 Å². The van der Waals surface area contributed by atoms with Crippen molar-refractivity contribution in [1.82, 2.24) is 0 Å². The van der Waals surface area contributed by atoms with Crippen molar-refractivity contribution in [3.8, 4) is 0 Å². The van der Waals surface area contributed by atoms with Crippen molar-refractivity contribution in [1.29, 1.82) is 0 Å². The summed E-state index contributed by atoms with van der Waals surface area (Å²) < 4.78 is 4.73. The van der Waals surface area contributed by atoms with Crippen LogP contribution < -0.4 is 0 Å². The highest BCUT2D eigenvalue weighted by molar-refractivity contribution is 4.85. The number of aliphatic hydroxyl groups excluding tert-OH is 3. The first-order valence-corrected chi connectivity index (χ1v) is 3.37. The van der Waals surface area contributed by atoms with Gasteiger partial charge < -0.3 is 20.1 Å². The third kappa shape index (κ3) is 1.66. The zero-order valence-electron chi connectivity index (χ0n) is 6.11. The summed E-state index contributed by atoms with van der Waals surface area (Å²) in [5.41, 5.74) is 8.01.